The molecule has 2 atom stereocenters. The van der Waals surface area contributed by atoms with Crippen molar-refractivity contribution in [2.45, 2.75) is 31.4 Å². The van der Waals surface area contributed by atoms with Gasteiger partial charge in [0, 0.05) is 24.9 Å². The molecule has 0 bridgehead atoms. The number of ether oxygens (including phenoxy) is 1. The highest BCUT2D eigenvalue weighted by atomic mass is 32.2. The summed E-state index contributed by atoms with van der Waals surface area (Å²) in [7, 11) is 1.58. The number of alkyl halides is 1. The molecule has 0 saturated heterocycles. The van der Waals surface area contributed by atoms with Crippen LogP contribution in [0, 0.1) is 0 Å². The summed E-state index contributed by atoms with van der Waals surface area (Å²) in [6, 6.07) is 0. The number of thioether (sulfide) groups is 1. The van der Waals surface area contributed by atoms with E-state index in [1.807, 2.05) is 6.08 Å². The Bertz CT molecular complexity index is 286. The van der Waals surface area contributed by atoms with E-state index in [2.05, 4.69) is 0 Å². The second-order valence-electron chi connectivity index (χ2n) is 3.41. The fraction of sp³-hybridized carbons (Fsp3) is 0.545. The van der Waals surface area contributed by atoms with E-state index in [0.717, 1.165) is 4.91 Å². The topological polar surface area (TPSA) is 26.3 Å². The van der Waals surface area contributed by atoms with Gasteiger partial charge in [0.1, 0.15) is 17.4 Å². The van der Waals surface area contributed by atoms with Crippen LogP contribution in [0.25, 0.3) is 0 Å². The first-order valence-electron chi connectivity index (χ1n) is 4.83. The Balaban J connectivity index is 2.45. The van der Waals surface area contributed by atoms with E-state index in [-0.39, 0.29) is 11.2 Å². The first kappa shape index (κ1) is 12.5. The Hall–Kier alpha value is -0.610. The summed E-state index contributed by atoms with van der Waals surface area (Å²) in [5.41, 5.74) is -0.172. The summed E-state index contributed by atoms with van der Waals surface area (Å²) < 4.78 is 17.9. The molecule has 1 aliphatic carbocycles. The van der Waals surface area contributed by atoms with E-state index in [0.29, 0.717) is 12.8 Å². The molecule has 0 saturated carbocycles. The first-order chi connectivity index (χ1) is 7.11. The quantitative estimate of drug-likeness (QED) is 0.679. The fourth-order valence-corrected chi connectivity index (χ4v) is 2.29. The van der Waals surface area contributed by atoms with Crippen LogP contribution in [0.2, 0.25) is 0 Å². The zero-order valence-corrected chi connectivity index (χ0v) is 9.72. The third kappa shape index (κ3) is 4.62. The second kappa shape index (κ2) is 6.08. The molecule has 84 valence electrons. The summed E-state index contributed by atoms with van der Waals surface area (Å²) in [6.45, 7) is 1.54. The van der Waals surface area contributed by atoms with Crippen molar-refractivity contribution in [3.63, 3.8) is 0 Å². The van der Waals surface area contributed by atoms with Crippen molar-refractivity contribution in [2.24, 2.45) is 0 Å². The van der Waals surface area contributed by atoms with Crippen molar-refractivity contribution >= 4 is 17.5 Å². The lowest BCUT2D eigenvalue weighted by atomic mass is 10.2. The van der Waals surface area contributed by atoms with E-state index >= 15 is 0 Å². The maximum atomic E-state index is 12.8. The SMILES string of the molecule is COC(CC(C)=O)SC1=CCC(F)C=C1. The number of Topliss-reactive ketones (excluding diaryl/α,β-unsaturated/α-hetero) is 1. The molecule has 0 amide bonds. The number of carbonyl (C=O) groups is 1. The fourth-order valence-electron chi connectivity index (χ4n) is 1.22. The van der Waals surface area contributed by atoms with Gasteiger partial charge < -0.3 is 4.74 Å². The van der Waals surface area contributed by atoms with Crippen molar-refractivity contribution in [3.05, 3.63) is 23.1 Å². The number of carbonyl (C=O) groups excluding carboxylic acids is 1. The van der Waals surface area contributed by atoms with Crippen LogP contribution in [0.5, 0.6) is 0 Å². The summed E-state index contributed by atoms with van der Waals surface area (Å²) in [4.78, 5) is 11.9. The van der Waals surface area contributed by atoms with Gasteiger partial charge in [-0.2, -0.15) is 0 Å². The van der Waals surface area contributed by atoms with Crippen molar-refractivity contribution in [3.8, 4) is 0 Å². The van der Waals surface area contributed by atoms with Crippen LogP contribution >= 0.6 is 11.8 Å². The molecule has 15 heavy (non-hydrogen) atoms. The smallest absolute Gasteiger partial charge is 0.133 e. The van der Waals surface area contributed by atoms with Gasteiger partial charge >= 0.3 is 0 Å². The number of ketones is 1. The molecule has 4 heteroatoms. The Morgan fingerprint density at radius 2 is 2.53 bits per heavy atom. The van der Waals surface area contributed by atoms with Crippen LogP contribution < -0.4 is 0 Å². The first-order valence-corrected chi connectivity index (χ1v) is 5.71. The highest BCUT2D eigenvalue weighted by molar-refractivity contribution is 8.03. The molecule has 0 N–H and O–H groups in total. The molecule has 1 rings (SSSR count). The van der Waals surface area contributed by atoms with Crippen molar-refractivity contribution < 1.29 is 13.9 Å². The van der Waals surface area contributed by atoms with Crippen LogP contribution in [-0.2, 0) is 9.53 Å². The molecule has 0 aromatic carbocycles. The lowest BCUT2D eigenvalue weighted by Gasteiger charge is -2.16. The van der Waals surface area contributed by atoms with Crippen molar-refractivity contribution in [1.82, 2.24) is 0 Å². The molecule has 2 unspecified atom stereocenters. The summed E-state index contributed by atoms with van der Waals surface area (Å²) in [5, 5.41) is 0. The molecule has 0 spiro atoms. The molecular formula is C11H15FO2S. The molecule has 1 aliphatic rings. The van der Waals surface area contributed by atoms with Gasteiger partial charge in [0.25, 0.3) is 0 Å². The van der Waals surface area contributed by atoms with Crippen LogP contribution in [-0.4, -0.2) is 24.5 Å². The zero-order valence-electron chi connectivity index (χ0n) is 8.90. The van der Waals surface area contributed by atoms with Gasteiger partial charge in [0.05, 0.1) is 0 Å². The molecule has 0 heterocycles. The van der Waals surface area contributed by atoms with Crippen molar-refractivity contribution in [1.29, 1.82) is 0 Å². The monoisotopic (exact) mass is 230 g/mol. The Morgan fingerprint density at radius 3 is 3.00 bits per heavy atom. The molecule has 0 aromatic rings. The number of allylic oxidation sites excluding steroid dienone is 3. The molecule has 0 fully saturated rings. The summed E-state index contributed by atoms with van der Waals surface area (Å²) in [5.74, 6) is 0.0955. The number of rotatable bonds is 5. The molecule has 2 nitrogen and oxygen atoms in total. The number of halogens is 1. The minimum atomic E-state index is -0.872. The van der Waals surface area contributed by atoms with Crippen LogP contribution in [0.15, 0.2) is 23.1 Å². The molecular weight excluding hydrogens is 215 g/mol. The molecule has 0 aromatic heterocycles. The minimum Gasteiger partial charge on any atom is -0.370 e. The van der Waals surface area contributed by atoms with E-state index in [9.17, 15) is 9.18 Å². The number of hydrogen-bond donors (Lipinski definition) is 0. The third-order valence-corrected chi connectivity index (χ3v) is 3.19. The minimum absolute atomic E-state index is 0.0955. The molecule has 0 aliphatic heterocycles. The van der Waals surface area contributed by atoms with Crippen molar-refractivity contribution in [2.75, 3.05) is 7.11 Å². The maximum Gasteiger partial charge on any atom is 0.133 e. The van der Waals surface area contributed by atoms with Gasteiger partial charge in [0.2, 0.25) is 0 Å². The van der Waals surface area contributed by atoms with Gasteiger partial charge in [-0.15, -0.1) is 0 Å². The lowest BCUT2D eigenvalue weighted by Crippen LogP contribution is -2.11. The van der Waals surface area contributed by atoms with E-state index in [1.54, 1.807) is 13.2 Å². The Kier molecular flexibility index (Phi) is 5.05. The van der Waals surface area contributed by atoms with Crippen LogP contribution in [0.4, 0.5) is 4.39 Å². The zero-order chi connectivity index (χ0) is 11.3. The average Bonchev–Trinajstić information content (AvgIpc) is 2.19. The number of methoxy groups -OCH3 is 1. The highest BCUT2D eigenvalue weighted by Gasteiger charge is 2.14. The summed E-state index contributed by atoms with van der Waals surface area (Å²) >= 11 is 1.46. The van der Waals surface area contributed by atoms with Gasteiger partial charge in [-0.25, -0.2) is 4.39 Å². The highest BCUT2D eigenvalue weighted by Crippen LogP contribution is 2.29. The van der Waals surface area contributed by atoms with Gasteiger partial charge in [-0.3, -0.25) is 4.79 Å². The lowest BCUT2D eigenvalue weighted by molar-refractivity contribution is -0.118. The van der Waals surface area contributed by atoms with Gasteiger partial charge in [0.15, 0.2) is 0 Å². The predicted octanol–water partition coefficient (Wildman–Crippen LogP) is 2.85. The Labute approximate surface area is 93.6 Å². The van der Waals surface area contributed by atoms with Gasteiger partial charge in [-0.05, 0) is 19.1 Å². The standard InChI is InChI=1S/C11H15FO2S/c1-8(13)7-11(14-2)15-10-5-3-9(12)4-6-10/h3,5-6,9,11H,4,7H2,1-2H3. The maximum absolute atomic E-state index is 12.8. The predicted molar refractivity (Wildman–Crippen MR) is 60.4 cm³/mol. The Morgan fingerprint density at radius 1 is 1.80 bits per heavy atom. The number of hydrogen-bond acceptors (Lipinski definition) is 3. The van der Waals surface area contributed by atoms with E-state index in [4.69, 9.17) is 4.74 Å². The van der Waals surface area contributed by atoms with Crippen LogP contribution in [0.3, 0.4) is 0 Å². The largest absolute Gasteiger partial charge is 0.370 e. The van der Waals surface area contributed by atoms with E-state index < -0.39 is 6.17 Å². The summed E-state index contributed by atoms with van der Waals surface area (Å²) in [6.07, 6.45) is 5.03. The van der Waals surface area contributed by atoms with Crippen LogP contribution in [0.1, 0.15) is 19.8 Å². The van der Waals surface area contributed by atoms with Gasteiger partial charge in [-0.1, -0.05) is 17.8 Å². The average molecular weight is 230 g/mol. The van der Waals surface area contributed by atoms with E-state index in [1.165, 1.54) is 24.8 Å². The third-order valence-electron chi connectivity index (χ3n) is 2.00. The molecule has 0 radical (unpaired) electrons. The normalized spacial score (nSPS) is 22.3. The second-order valence-corrected chi connectivity index (χ2v) is 4.64.